The van der Waals surface area contributed by atoms with Gasteiger partial charge in [0.2, 0.25) is 0 Å². The van der Waals surface area contributed by atoms with Gasteiger partial charge in [0.05, 0.1) is 33.8 Å². The van der Waals surface area contributed by atoms with E-state index in [-0.39, 0.29) is 16.2 Å². The first-order valence-corrected chi connectivity index (χ1v) is 13.5. The second-order valence-corrected chi connectivity index (χ2v) is 14.2. The van der Waals surface area contributed by atoms with Crippen molar-refractivity contribution in [2.45, 2.75) is 116 Å². The van der Waals surface area contributed by atoms with Crippen molar-refractivity contribution in [1.82, 2.24) is 9.97 Å². The molecule has 0 bridgehead atoms. The molecule has 2 aromatic rings. The van der Waals surface area contributed by atoms with Crippen LogP contribution in [0.1, 0.15) is 94.2 Å². The highest BCUT2D eigenvalue weighted by Crippen LogP contribution is 2.78. The summed E-state index contributed by atoms with van der Waals surface area (Å²) < 4.78 is 25.9. The maximum Gasteiger partial charge on any atom is 0.489 e. The summed E-state index contributed by atoms with van der Waals surface area (Å²) in [5.41, 5.74) is 1.75. The number of fused-ring (bicyclic) bond motifs is 1. The lowest BCUT2D eigenvalue weighted by Crippen LogP contribution is -2.49. The van der Waals surface area contributed by atoms with Gasteiger partial charge < -0.3 is 18.6 Å². The van der Waals surface area contributed by atoms with Crippen molar-refractivity contribution >= 4 is 14.0 Å². The summed E-state index contributed by atoms with van der Waals surface area (Å²) in [6, 6.07) is 8.51. The molecule has 8 heteroatoms. The van der Waals surface area contributed by atoms with Gasteiger partial charge in [-0.25, -0.2) is 0 Å². The van der Waals surface area contributed by atoms with Crippen molar-refractivity contribution < 1.29 is 18.6 Å². The third-order valence-electron chi connectivity index (χ3n) is 10.6. The Morgan fingerprint density at radius 3 is 1.49 bits per heavy atom. The predicted octanol–water partition coefficient (Wildman–Crippen LogP) is 5.96. The van der Waals surface area contributed by atoms with Crippen molar-refractivity contribution in [2.24, 2.45) is 5.41 Å². The van der Waals surface area contributed by atoms with Gasteiger partial charge in [0, 0.05) is 23.2 Å². The van der Waals surface area contributed by atoms with Crippen LogP contribution >= 0.6 is 0 Å². The molecule has 0 aromatic carbocycles. The largest absolute Gasteiger partial charge is 0.489 e. The van der Waals surface area contributed by atoms with E-state index in [0.717, 1.165) is 11.4 Å². The maximum absolute atomic E-state index is 6.69. The normalized spacial score (nSPS) is 32.5. The van der Waals surface area contributed by atoms with Crippen LogP contribution < -0.4 is 0 Å². The van der Waals surface area contributed by atoms with E-state index in [4.69, 9.17) is 18.6 Å². The number of hydrogen-bond acceptors (Lipinski definition) is 6. The lowest BCUT2D eigenvalue weighted by atomic mass is 9.48. The average Bonchev–Trinajstić information content (AvgIpc) is 3.01. The highest BCUT2D eigenvalue weighted by atomic mass is 16.7. The van der Waals surface area contributed by atoms with E-state index in [1.165, 1.54) is 11.1 Å². The van der Waals surface area contributed by atoms with Crippen LogP contribution in [0.15, 0.2) is 36.7 Å². The van der Waals surface area contributed by atoms with Crippen LogP contribution in [0.5, 0.6) is 0 Å². The molecule has 3 aliphatic rings. The molecule has 0 spiro atoms. The molecule has 3 fully saturated rings. The van der Waals surface area contributed by atoms with E-state index in [0.29, 0.717) is 0 Å². The van der Waals surface area contributed by atoms with Gasteiger partial charge in [0.1, 0.15) is 0 Å². The van der Waals surface area contributed by atoms with Gasteiger partial charge >= 0.3 is 14.0 Å². The molecule has 0 amide bonds. The molecule has 2 unspecified atom stereocenters. The van der Waals surface area contributed by atoms with Crippen LogP contribution in [0.3, 0.4) is 0 Å². The van der Waals surface area contributed by atoms with Crippen molar-refractivity contribution in [2.75, 3.05) is 0 Å². The van der Waals surface area contributed by atoms with Crippen LogP contribution in [0.2, 0.25) is 0 Å². The summed E-state index contributed by atoms with van der Waals surface area (Å²) in [5, 5.41) is 0. The standard InChI is InChI=1S/C29H42B2N2O4/c1-23(2,3)19-13-15-32-21(17-19)22-18-20(14-16-33-22)24(4,5)27(10)28(11)29(27,12)37-31(36-28)30-34-25(6,7)26(8,9)35-30/h13-18H,1-12H3. The van der Waals surface area contributed by atoms with E-state index >= 15 is 0 Å². The molecule has 4 heterocycles. The van der Waals surface area contributed by atoms with Gasteiger partial charge in [0.25, 0.3) is 0 Å². The first-order chi connectivity index (χ1) is 16.8. The Balaban J connectivity index is 1.43. The van der Waals surface area contributed by atoms with Crippen molar-refractivity contribution in [1.29, 1.82) is 0 Å². The molecular formula is C29H42B2N2O4. The zero-order valence-electron chi connectivity index (χ0n) is 24.6. The van der Waals surface area contributed by atoms with Crippen LogP contribution in [-0.4, -0.2) is 46.4 Å². The highest BCUT2D eigenvalue weighted by molar-refractivity contribution is 7.11. The van der Waals surface area contributed by atoms with E-state index in [1.54, 1.807) is 0 Å². The molecular weight excluding hydrogens is 462 g/mol. The lowest BCUT2D eigenvalue weighted by Gasteiger charge is -2.39. The minimum Gasteiger partial charge on any atom is -0.405 e. The second-order valence-electron chi connectivity index (χ2n) is 14.2. The zero-order chi connectivity index (χ0) is 27.4. The lowest BCUT2D eigenvalue weighted by molar-refractivity contribution is 0.00578. The first-order valence-electron chi connectivity index (χ1n) is 13.5. The second kappa shape index (κ2) is 7.68. The SMILES string of the molecule is CC(C)(C)c1ccnc(-c2cc(C(C)(C)C3(C)C4(C)OB(B5OC(C)(C)C(C)(C)O5)OC43C)ccn2)c1. The van der Waals surface area contributed by atoms with Gasteiger partial charge in [-0.1, -0.05) is 41.5 Å². The molecule has 37 heavy (non-hydrogen) atoms. The van der Waals surface area contributed by atoms with Gasteiger partial charge in [0.15, 0.2) is 0 Å². The van der Waals surface area contributed by atoms with Crippen molar-refractivity contribution in [3.05, 3.63) is 47.8 Å². The van der Waals surface area contributed by atoms with E-state index < -0.39 is 36.4 Å². The number of pyridine rings is 2. The Morgan fingerprint density at radius 2 is 1.03 bits per heavy atom. The number of aromatic nitrogens is 2. The van der Waals surface area contributed by atoms with Gasteiger partial charge in [-0.3, -0.25) is 9.97 Å². The van der Waals surface area contributed by atoms with Crippen LogP contribution in [0, 0.1) is 5.41 Å². The van der Waals surface area contributed by atoms with E-state index in [2.05, 4.69) is 89.6 Å². The van der Waals surface area contributed by atoms with Gasteiger partial charge in [-0.15, -0.1) is 0 Å². The smallest absolute Gasteiger partial charge is 0.405 e. The summed E-state index contributed by atoms with van der Waals surface area (Å²) in [6.07, 6.45) is 3.76. The van der Waals surface area contributed by atoms with Gasteiger partial charge in [-0.2, -0.15) is 0 Å². The Bertz CT molecular complexity index is 1210. The third-order valence-corrected chi connectivity index (χ3v) is 10.6. The third kappa shape index (κ3) is 3.48. The molecule has 5 rings (SSSR count). The molecule has 2 aliphatic heterocycles. The topological polar surface area (TPSA) is 62.7 Å². The number of rotatable bonds is 4. The fourth-order valence-corrected chi connectivity index (χ4v) is 6.58. The Hall–Kier alpha value is -1.73. The van der Waals surface area contributed by atoms with E-state index in [9.17, 15) is 0 Å². The Morgan fingerprint density at radius 1 is 0.622 bits per heavy atom. The minimum absolute atomic E-state index is 0.0408. The molecule has 1 saturated carbocycles. The average molecular weight is 504 g/mol. The molecule has 1 aliphatic carbocycles. The minimum atomic E-state index is -0.572. The van der Waals surface area contributed by atoms with Crippen LogP contribution in [0.4, 0.5) is 0 Å². The molecule has 6 nitrogen and oxygen atoms in total. The monoisotopic (exact) mass is 504 g/mol. The molecule has 0 radical (unpaired) electrons. The zero-order valence-corrected chi connectivity index (χ0v) is 24.6. The van der Waals surface area contributed by atoms with Crippen LogP contribution in [-0.2, 0) is 29.4 Å². The maximum atomic E-state index is 6.69. The van der Waals surface area contributed by atoms with Gasteiger partial charge in [-0.05, 0) is 82.3 Å². The van der Waals surface area contributed by atoms with Crippen molar-refractivity contribution in [3.63, 3.8) is 0 Å². The van der Waals surface area contributed by atoms with E-state index in [1.807, 2.05) is 40.1 Å². The summed E-state index contributed by atoms with van der Waals surface area (Å²) in [4.78, 5) is 9.34. The summed E-state index contributed by atoms with van der Waals surface area (Å²) in [7, 11) is -1.13. The summed E-state index contributed by atoms with van der Waals surface area (Å²) >= 11 is 0. The summed E-state index contributed by atoms with van der Waals surface area (Å²) in [6.45, 7) is 26.0. The first kappa shape index (κ1) is 26.9. The Labute approximate surface area is 223 Å². The predicted molar refractivity (Wildman–Crippen MR) is 148 cm³/mol. The summed E-state index contributed by atoms with van der Waals surface area (Å²) in [5.74, 6) is 0. The molecule has 2 atom stereocenters. The molecule has 2 saturated heterocycles. The fourth-order valence-electron chi connectivity index (χ4n) is 6.58. The number of nitrogens with zero attached hydrogens (tertiary/aromatic N) is 2. The molecule has 198 valence electrons. The molecule has 0 N–H and O–H groups in total. The van der Waals surface area contributed by atoms with Crippen molar-refractivity contribution in [3.8, 4) is 11.4 Å². The quantitative estimate of drug-likeness (QED) is 0.479. The fraction of sp³-hybridized carbons (Fsp3) is 0.655. The molecule has 2 aromatic heterocycles. The van der Waals surface area contributed by atoms with Crippen LogP contribution in [0.25, 0.3) is 11.4 Å². The number of hydrogen-bond donors (Lipinski definition) is 0. The Kier molecular flexibility index (Phi) is 5.58. The highest BCUT2D eigenvalue weighted by Gasteiger charge is 2.91.